The third-order valence-electron chi connectivity index (χ3n) is 5.68. The number of nitrogens with zero attached hydrogens (tertiary/aromatic N) is 1. The van der Waals surface area contributed by atoms with Gasteiger partial charge in [0.05, 0.1) is 0 Å². The van der Waals surface area contributed by atoms with Gasteiger partial charge in [0, 0.05) is 18.9 Å². The van der Waals surface area contributed by atoms with E-state index in [0.717, 1.165) is 18.4 Å². The Morgan fingerprint density at radius 2 is 1.72 bits per heavy atom. The minimum Gasteiger partial charge on any atom is -0.480 e. The molecule has 2 aromatic carbocycles. The van der Waals surface area contributed by atoms with Gasteiger partial charge in [-0.05, 0) is 61.4 Å². The number of rotatable bonds is 9. The van der Waals surface area contributed by atoms with Crippen LogP contribution < -0.4 is 21.5 Å². The van der Waals surface area contributed by atoms with Gasteiger partial charge >= 0.3 is 5.97 Å². The van der Waals surface area contributed by atoms with Gasteiger partial charge in [0.25, 0.3) is 0 Å². The van der Waals surface area contributed by atoms with Crippen LogP contribution in [-0.2, 0) is 16.0 Å². The van der Waals surface area contributed by atoms with Crippen molar-refractivity contribution in [3.05, 3.63) is 60.2 Å². The number of hydrogen-bond acceptors (Lipinski definition) is 4. The standard InChI is InChI=1S/C24H30N4O4/c25-24(26)27-15-16-9-11-18(12-10-16)22(29)28-21(23(30)31)14-17-5-4-8-20(13-17)32-19-6-2-1-3-7-19/h1-8,13,16,18,21H,9-12,14-15H2,(H,28,29)(H,30,31)(H4,25,26,27). The van der Waals surface area contributed by atoms with Crippen LogP contribution in [0.15, 0.2) is 59.6 Å². The third kappa shape index (κ3) is 7.01. The van der Waals surface area contributed by atoms with E-state index in [-0.39, 0.29) is 24.2 Å². The molecule has 0 spiro atoms. The molecule has 3 rings (SSSR count). The quantitative estimate of drug-likeness (QED) is 0.350. The summed E-state index contributed by atoms with van der Waals surface area (Å²) in [5.41, 5.74) is 11.5. The average Bonchev–Trinajstić information content (AvgIpc) is 2.78. The lowest BCUT2D eigenvalue weighted by Gasteiger charge is -2.28. The Balaban J connectivity index is 1.56. The van der Waals surface area contributed by atoms with E-state index >= 15 is 0 Å². The molecule has 0 aliphatic heterocycles. The zero-order valence-corrected chi connectivity index (χ0v) is 17.9. The van der Waals surface area contributed by atoms with Gasteiger partial charge in [0.2, 0.25) is 5.91 Å². The fraction of sp³-hybridized carbons (Fsp3) is 0.375. The molecule has 1 unspecified atom stereocenters. The van der Waals surface area contributed by atoms with Crippen molar-refractivity contribution in [2.24, 2.45) is 28.3 Å². The van der Waals surface area contributed by atoms with E-state index in [1.165, 1.54) is 0 Å². The van der Waals surface area contributed by atoms with Gasteiger partial charge in [-0.25, -0.2) is 4.79 Å². The Bertz CT molecular complexity index is 936. The summed E-state index contributed by atoms with van der Waals surface area (Å²) < 4.78 is 5.82. The molecule has 1 aliphatic rings. The number of ether oxygens (including phenoxy) is 1. The number of aliphatic carboxylic acids is 1. The van der Waals surface area contributed by atoms with Crippen molar-refractivity contribution >= 4 is 17.8 Å². The Kier molecular flexibility index (Phi) is 8.08. The van der Waals surface area contributed by atoms with Crippen molar-refractivity contribution in [3.63, 3.8) is 0 Å². The summed E-state index contributed by atoms with van der Waals surface area (Å²) in [5, 5.41) is 12.4. The molecule has 2 aromatic rings. The van der Waals surface area contributed by atoms with Crippen LogP contribution in [0.2, 0.25) is 0 Å². The number of benzene rings is 2. The van der Waals surface area contributed by atoms with Crippen LogP contribution in [0.1, 0.15) is 31.2 Å². The van der Waals surface area contributed by atoms with E-state index in [0.29, 0.717) is 36.8 Å². The minimum atomic E-state index is -1.06. The summed E-state index contributed by atoms with van der Waals surface area (Å²) in [4.78, 5) is 28.6. The summed E-state index contributed by atoms with van der Waals surface area (Å²) >= 11 is 0. The highest BCUT2D eigenvalue weighted by molar-refractivity contribution is 5.85. The molecule has 0 bridgehead atoms. The van der Waals surface area contributed by atoms with Gasteiger partial charge in [0.15, 0.2) is 5.96 Å². The molecule has 0 radical (unpaired) electrons. The van der Waals surface area contributed by atoms with E-state index < -0.39 is 12.0 Å². The molecule has 0 aromatic heterocycles. The average molecular weight is 439 g/mol. The second-order valence-corrected chi connectivity index (χ2v) is 8.15. The van der Waals surface area contributed by atoms with Gasteiger partial charge in [-0.3, -0.25) is 9.79 Å². The van der Waals surface area contributed by atoms with Crippen LogP contribution in [0.3, 0.4) is 0 Å². The first kappa shape index (κ1) is 23.1. The smallest absolute Gasteiger partial charge is 0.326 e. The van der Waals surface area contributed by atoms with Gasteiger partial charge in [-0.2, -0.15) is 0 Å². The number of guanidine groups is 1. The number of nitrogens with one attached hydrogen (secondary N) is 1. The van der Waals surface area contributed by atoms with Crippen LogP contribution in [0.4, 0.5) is 0 Å². The lowest BCUT2D eigenvalue weighted by molar-refractivity contribution is -0.142. The molecule has 32 heavy (non-hydrogen) atoms. The Morgan fingerprint density at radius 3 is 2.38 bits per heavy atom. The van der Waals surface area contributed by atoms with Crippen LogP contribution in [0, 0.1) is 11.8 Å². The Morgan fingerprint density at radius 1 is 1.03 bits per heavy atom. The normalized spacial score (nSPS) is 18.9. The van der Waals surface area contributed by atoms with Gasteiger partial charge in [-0.15, -0.1) is 0 Å². The molecular formula is C24H30N4O4. The zero-order chi connectivity index (χ0) is 22.9. The molecule has 0 saturated heterocycles. The number of carboxylic acids is 1. The van der Waals surface area contributed by atoms with Crippen molar-refractivity contribution in [1.82, 2.24) is 5.32 Å². The number of amides is 1. The number of hydrogen-bond donors (Lipinski definition) is 4. The summed E-state index contributed by atoms with van der Waals surface area (Å²) in [6.07, 6.45) is 3.25. The summed E-state index contributed by atoms with van der Waals surface area (Å²) in [6.45, 7) is 0.565. The second kappa shape index (κ2) is 11.2. The lowest BCUT2D eigenvalue weighted by Crippen LogP contribution is -2.45. The largest absolute Gasteiger partial charge is 0.480 e. The van der Waals surface area contributed by atoms with E-state index in [1.54, 1.807) is 6.07 Å². The highest BCUT2D eigenvalue weighted by Gasteiger charge is 2.29. The van der Waals surface area contributed by atoms with Crippen molar-refractivity contribution in [2.45, 2.75) is 38.1 Å². The maximum Gasteiger partial charge on any atom is 0.326 e. The predicted molar refractivity (Wildman–Crippen MR) is 122 cm³/mol. The zero-order valence-electron chi connectivity index (χ0n) is 17.9. The van der Waals surface area contributed by atoms with E-state index in [2.05, 4.69) is 10.3 Å². The number of carbonyl (C=O) groups is 2. The molecule has 6 N–H and O–H groups in total. The highest BCUT2D eigenvalue weighted by atomic mass is 16.5. The van der Waals surface area contributed by atoms with E-state index in [4.69, 9.17) is 16.2 Å². The highest BCUT2D eigenvalue weighted by Crippen LogP contribution is 2.29. The Hall–Kier alpha value is -3.55. The monoisotopic (exact) mass is 438 g/mol. The maximum atomic E-state index is 12.7. The fourth-order valence-corrected chi connectivity index (χ4v) is 3.93. The van der Waals surface area contributed by atoms with Crippen molar-refractivity contribution < 1.29 is 19.4 Å². The molecule has 8 heteroatoms. The molecule has 1 amide bonds. The van der Waals surface area contributed by atoms with Gasteiger partial charge in [-0.1, -0.05) is 30.3 Å². The van der Waals surface area contributed by atoms with Crippen molar-refractivity contribution in [2.75, 3.05) is 6.54 Å². The van der Waals surface area contributed by atoms with Gasteiger partial charge < -0.3 is 26.6 Å². The molecule has 1 fully saturated rings. The molecule has 1 saturated carbocycles. The second-order valence-electron chi connectivity index (χ2n) is 8.15. The SMILES string of the molecule is NC(N)=NCC1CCC(C(=O)NC(Cc2cccc(Oc3ccccc3)c2)C(=O)O)CC1. The Labute approximate surface area is 187 Å². The molecule has 0 heterocycles. The maximum absolute atomic E-state index is 12.7. The first-order chi connectivity index (χ1) is 15.4. The molecular weight excluding hydrogens is 408 g/mol. The topological polar surface area (TPSA) is 140 Å². The molecule has 1 atom stereocenters. The number of para-hydroxylation sites is 1. The number of nitrogens with two attached hydrogens (primary N) is 2. The third-order valence-corrected chi connectivity index (χ3v) is 5.68. The number of aliphatic imine (C=N–C) groups is 1. The van der Waals surface area contributed by atoms with Crippen LogP contribution in [-0.4, -0.2) is 35.5 Å². The number of carbonyl (C=O) groups excluding carboxylic acids is 1. The van der Waals surface area contributed by atoms with Crippen LogP contribution >= 0.6 is 0 Å². The van der Waals surface area contributed by atoms with Crippen molar-refractivity contribution in [3.8, 4) is 11.5 Å². The molecule has 170 valence electrons. The van der Waals surface area contributed by atoms with Crippen LogP contribution in [0.5, 0.6) is 11.5 Å². The van der Waals surface area contributed by atoms with E-state index in [1.807, 2.05) is 48.5 Å². The first-order valence-corrected chi connectivity index (χ1v) is 10.8. The fourth-order valence-electron chi connectivity index (χ4n) is 3.93. The van der Waals surface area contributed by atoms with E-state index in [9.17, 15) is 14.7 Å². The lowest BCUT2D eigenvalue weighted by atomic mass is 9.81. The summed E-state index contributed by atoms with van der Waals surface area (Å²) in [6, 6.07) is 15.6. The minimum absolute atomic E-state index is 0.0763. The first-order valence-electron chi connectivity index (χ1n) is 10.8. The van der Waals surface area contributed by atoms with Crippen LogP contribution in [0.25, 0.3) is 0 Å². The van der Waals surface area contributed by atoms with Crippen molar-refractivity contribution in [1.29, 1.82) is 0 Å². The van der Waals surface area contributed by atoms with Gasteiger partial charge in [0.1, 0.15) is 17.5 Å². The predicted octanol–water partition coefficient (Wildman–Crippen LogP) is 2.67. The number of carboxylic acid groups (broad SMARTS) is 1. The molecule has 8 nitrogen and oxygen atoms in total. The molecule has 1 aliphatic carbocycles. The summed E-state index contributed by atoms with van der Waals surface area (Å²) in [5.74, 6) is 0.270. The summed E-state index contributed by atoms with van der Waals surface area (Å²) in [7, 11) is 0.